The molecule has 1 amide bonds. The minimum Gasteiger partial charge on any atom is -0.355 e. The smallest absolute Gasteiger partial charge is 0.233 e. The lowest BCUT2D eigenvalue weighted by Gasteiger charge is -2.10. The summed E-state index contributed by atoms with van der Waals surface area (Å²) in [5.74, 6) is 0.883. The van der Waals surface area contributed by atoms with E-state index in [9.17, 15) is 4.79 Å². The molecule has 0 aromatic carbocycles. The van der Waals surface area contributed by atoms with Crippen LogP contribution in [0.1, 0.15) is 19.7 Å². The molecule has 0 bridgehead atoms. The zero-order chi connectivity index (χ0) is 12.8. The Morgan fingerprint density at radius 1 is 1.53 bits per heavy atom. The van der Waals surface area contributed by atoms with Gasteiger partial charge >= 0.3 is 0 Å². The normalized spacial score (nSPS) is 12.5. The molecule has 6 nitrogen and oxygen atoms in total. The molecule has 0 fully saturated rings. The number of thioether (sulfide) groups is 1. The molecule has 2 N–H and O–H groups in total. The maximum absolute atomic E-state index is 11.6. The van der Waals surface area contributed by atoms with Gasteiger partial charge in [-0.25, -0.2) is 0 Å². The van der Waals surface area contributed by atoms with Gasteiger partial charge in [0.2, 0.25) is 5.91 Å². The van der Waals surface area contributed by atoms with Crippen molar-refractivity contribution in [3.8, 4) is 0 Å². The number of rotatable bonds is 6. The largest absolute Gasteiger partial charge is 0.355 e. The molecule has 0 spiro atoms. The third-order valence-electron chi connectivity index (χ3n) is 2.26. The standard InChI is InChI=1S/C10H19N5OS/c1-5-12-9(16)7(2)17-10-14-13-8(6-11-3)15(10)4/h7,11H,5-6H2,1-4H3,(H,12,16)/t7-/m1/s1. The van der Waals surface area contributed by atoms with E-state index in [4.69, 9.17) is 0 Å². The van der Waals surface area contributed by atoms with Crippen LogP contribution in [0.2, 0.25) is 0 Å². The quantitative estimate of drug-likeness (QED) is 0.710. The fourth-order valence-corrected chi connectivity index (χ4v) is 2.15. The maximum atomic E-state index is 11.6. The van der Waals surface area contributed by atoms with E-state index < -0.39 is 0 Å². The van der Waals surface area contributed by atoms with E-state index in [1.54, 1.807) is 0 Å². The lowest BCUT2D eigenvalue weighted by atomic mass is 10.4. The summed E-state index contributed by atoms with van der Waals surface area (Å²) in [6.45, 7) is 5.08. The highest BCUT2D eigenvalue weighted by molar-refractivity contribution is 8.00. The van der Waals surface area contributed by atoms with Gasteiger partial charge in [0, 0.05) is 13.6 Å². The minimum atomic E-state index is -0.166. The third-order valence-corrected chi connectivity index (χ3v) is 3.40. The van der Waals surface area contributed by atoms with Gasteiger partial charge in [-0.3, -0.25) is 4.79 Å². The van der Waals surface area contributed by atoms with Crippen LogP contribution >= 0.6 is 11.8 Å². The first-order chi connectivity index (χ1) is 8.10. The van der Waals surface area contributed by atoms with Crippen LogP contribution in [-0.4, -0.2) is 39.5 Å². The number of hydrogen-bond donors (Lipinski definition) is 2. The van der Waals surface area contributed by atoms with Gasteiger partial charge in [-0.1, -0.05) is 11.8 Å². The summed E-state index contributed by atoms with van der Waals surface area (Å²) < 4.78 is 1.90. The van der Waals surface area contributed by atoms with Crippen LogP contribution in [0, 0.1) is 0 Å². The van der Waals surface area contributed by atoms with Gasteiger partial charge in [0.25, 0.3) is 0 Å². The van der Waals surface area contributed by atoms with Crippen molar-refractivity contribution in [1.29, 1.82) is 0 Å². The Morgan fingerprint density at radius 2 is 2.24 bits per heavy atom. The molecule has 7 heteroatoms. The SMILES string of the molecule is CCNC(=O)[C@@H](C)Sc1nnc(CNC)n1C. The number of nitrogens with one attached hydrogen (secondary N) is 2. The first kappa shape index (κ1) is 14.0. The average Bonchev–Trinajstić information content (AvgIpc) is 2.62. The number of aromatic nitrogens is 3. The average molecular weight is 257 g/mol. The van der Waals surface area contributed by atoms with Crippen LogP contribution < -0.4 is 10.6 Å². The van der Waals surface area contributed by atoms with Gasteiger partial charge in [0.05, 0.1) is 11.8 Å². The van der Waals surface area contributed by atoms with E-state index in [0.717, 1.165) is 11.0 Å². The molecule has 1 aromatic rings. The second kappa shape index (κ2) is 6.61. The van der Waals surface area contributed by atoms with E-state index in [0.29, 0.717) is 13.1 Å². The van der Waals surface area contributed by atoms with Crippen molar-refractivity contribution < 1.29 is 4.79 Å². The second-order valence-electron chi connectivity index (χ2n) is 3.64. The Balaban J connectivity index is 2.65. The molecule has 1 aromatic heterocycles. The first-order valence-electron chi connectivity index (χ1n) is 5.57. The van der Waals surface area contributed by atoms with E-state index in [1.807, 2.05) is 32.5 Å². The van der Waals surface area contributed by atoms with Crippen molar-refractivity contribution >= 4 is 17.7 Å². The highest BCUT2D eigenvalue weighted by atomic mass is 32.2. The fourth-order valence-electron chi connectivity index (χ4n) is 1.29. The molecule has 0 radical (unpaired) electrons. The van der Waals surface area contributed by atoms with Crippen molar-refractivity contribution in [3.05, 3.63) is 5.82 Å². The Kier molecular flexibility index (Phi) is 5.43. The molecule has 0 saturated heterocycles. The highest BCUT2D eigenvalue weighted by Gasteiger charge is 2.17. The highest BCUT2D eigenvalue weighted by Crippen LogP contribution is 2.21. The Hall–Kier alpha value is -1.08. The number of carbonyl (C=O) groups is 1. The van der Waals surface area contributed by atoms with Crippen molar-refractivity contribution in [2.24, 2.45) is 7.05 Å². The molecule has 1 rings (SSSR count). The number of nitrogens with zero attached hydrogens (tertiary/aromatic N) is 3. The number of carbonyl (C=O) groups excluding carboxylic acids is 1. The first-order valence-corrected chi connectivity index (χ1v) is 6.45. The van der Waals surface area contributed by atoms with Crippen LogP contribution in [0.25, 0.3) is 0 Å². The third kappa shape index (κ3) is 3.71. The molecular weight excluding hydrogens is 238 g/mol. The zero-order valence-electron chi connectivity index (χ0n) is 10.6. The molecule has 17 heavy (non-hydrogen) atoms. The monoisotopic (exact) mass is 257 g/mol. The van der Waals surface area contributed by atoms with Crippen molar-refractivity contribution in [3.63, 3.8) is 0 Å². The molecule has 0 unspecified atom stereocenters. The molecule has 0 aliphatic heterocycles. The number of hydrogen-bond acceptors (Lipinski definition) is 5. The fraction of sp³-hybridized carbons (Fsp3) is 0.700. The zero-order valence-corrected chi connectivity index (χ0v) is 11.5. The Bertz CT molecular complexity index is 379. The summed E-state index contributed by atoms with van der Waals surface area (Å²) in [4.78, 5) is 11.6. The van der Waals surface area contributed by atoms with Crippen molar-refractivity contribution in [2.45, 2.75) is 30.8 Å². The lowest BCUT2D eigenvalue weighted by Crippen LogP contribution is -2.30. The van der Waals surface area contributed by atoms with Crippen LogP contribution in [0.15, 0.2) is 5.16 Å². The molecule has 1 atom stereocenters. The summed E-state index contributed by atoms with van der Waals surface area (Å²) in [5, 5.41) is 14.5. The van der Waals surface area contributed by atoms with Gasteiger partial charge in [0.1, 0.15) is 5.82 Å². The van der Waals surface area contributed by atoms with Crippen LogP contribution in [-0.2, 0) is 18.4 Å². The molecule has 0 aliphatic rings. The summed E-state index contributed by atoms with van der Waals surface area (Å²) in [7, 11) is 3.76. The van der Waals surface area contributed by atoms with E-state index in [-0.39, 0.29) is 11.2 Å². The van der Waals surface area contributed by atoms with E-state index in [1.165, 1.54) is 11.8 Å². The minimum absolute atomic E-state index is 0.0238. The predicted octanol–water partition coefficient (Wildman–Crippen LogP) is 0.151. The second-order valence-corrected chi connectivity index (χ2v) is 4.95. The van der Waals surface area contributed by atoms with Crippen molar-refractivity contribution in [2.75, 3.05) is 13.6 Å². The summed E-state index contributed by atoms with van der Waals surface area (Å²) in [5.41, 5.74) is 0. The number of amides is 1. The Labute approximate surface area is 106 Å². The van der Waals surface area contributed by atoms with Gasteiger partial charge in [-0.15, -0.1) is 10.2 Å². The molecule has 0 saturated carbocycles. The maximum Gasteiger partial charge on any atom is 0.233 e. The molecule has 96 valence electrons. The summed E-state index contributed by atoms with van der Waals surface area (Å²) in [6.07, 6.45) is 0. The van der Waals surface area contributed by atoms with Crippen LogP contribution in [0.4, 0.5) is 0 Å². The van der Waals surface area contributed by atoms with Gasteiger partial charge < -0.3 is 15.2 Å². The summed E-state index contributed by atoms with van der Waals surface area (Å²) in [6, 6.07) is 0. The van der Waals surface area contributed by atoms with E-state index in [2.05, 4.69) is 20.8 Å². The van der Waals surface area contributed by atoms with Gasteiger partial charge in [0.15, 0.2) is 5.16 Å². The van der Waals surface area contributed by atoms with Crippen molar-refractivity contribution in [1.82, 2.24) is 25.4 Å². The van der Waals surface area contributed by atoms with Crippen LogP contribution in [0.5, 0.6) is 0 Å². The topological polar surface area (TPSA) is 71.8 Å². The predicted molar refractivity (Wildman–Crippen MR) is 67.8 cm³/mol. The van der Waals surface area contributed by atoms with Gasteiger partial charge in [-0.05, 0) is 20.9 Å². The van der Waals surface area contributed by atoms with Crippen LogP contribution in [0.3, 0.4) is 0 Å². The molecule has 0 aliphatic carbocycles. The molecule has 1 heterocycles. The van der Waals surface area contributed by atoms with Gasteiger partial charge in [-0.2, -0.15) is 0 Å². The lowest BCUT2D eigenvalue weighted by molar-refractivity contribution is -0.120. The Morgan fingerprint density at radius 3 is 2.82 bits per heavy atom. The van der Waals surface area contributed by atoms with E-state index >= 15 is 0 Å². The molecular formula is C10H19N5OS. The summed E-state index contributed by atoms with van der Waals surface area (Å²) >= 11 is 1.41.